The normalized spacial score (nSPS) is 13.9. The van der Waals surface area contributed by atoms with Crippen molar-refractivity contribution in [1.29, 1.82) is 0 Å². The molecule has 0 aliphatic carbocycles. The summed E-state index contributed by atoms with van der Waals surface area (Å²) in [6, 6.07) is 5.98. The van der Waals surface area contributed by atoms with E-state index in [2.05, 4.69) is 24.2 Å². The van der Waals surface area contributed by atoms with Gasteiger partial charge < -0.3 is 20.5 Å². The number of guanidine groups is 1. The lowest BCUT2D eigenvalue weighted by Crippen LogP contribution is -2.33. The van der Waals surface area contributed by atoms with E-state index in [9.17, 15) is 0 Å². The molecule has 5 nitrogen and oxygen atoms in total. The fraction of sp³-hybridized carbons (Fsp3) is 0.500. The van der Waals surface area contributed by atoms with Crippen LogP contribution in [-0.4, -0.2) is 25.8 Å². The van der Waals surface area contributed by atoms with Crippen molar-refractivity contribution in [3.05, 3.63) is 23.8 Å². The summed E-state index contributed by atoms with van der Waals surface area (Å²) >= 11 is 0. The Morgan fingerprint density at radius 1 is 1.37 bits per heavy atom. The zero-order valence-electron chi connectivity index (χ0n) is 11.5. The van der Waals surface area contributed by atoms with Crippen LogP contribution in [0.25, 0.3) is 0 Å². The summed E-state index contributed by atoms with van der Waals surface area (Å²) in [4.78, 5) is 4.25. The maximum absolute atomic E-state index is 5.77. The molecule has 1 heterocycles. The Hall–Kier alpha value is -1.91. The fourth-order valence-corrected chi connectivity index (χ4v) is 1.77. The zero-order chi connectivity index (χ0) is 13.7. The van der Waals surface area contributed by atoms with E-state index in [0.717, 1.165) is 31.0 Å². The van der Waals surface area contributed by atoms with Crippen LogP contribution in [0.15, 0.2) is 23.2 Å². The number of nitrogens with one attached hydrogen (secondary N) is 1. The summed E-state index contributed by atoms with van der Waals surface area (Å²) in [5.41, 5.74) is 6.96. The average molecular weight is 263 g/mol. The van der Waals surface area contributed by atoms with Crippen LogP contribution in [0.3, 0.4) is 0 Å². The van der Waals surface area contributed by atoms with Gasteiger partial charge in [0.05, 0.1) is 0 Å². The molecule has 0 fully saturated rings. The smallest absolute Gasteiger partial charge is 0.231 e. The van der Waals surface area contributed by atoms with Gasteiger partial charge in [0.25, 0.3) is 0 Å². The van der Waals surface area contributed by atoms with Crippen LogP contribution in [0.1, 0.15) is 19.4 Å². The second kappa shape index (κ2) is 6.31. The molecule has 0 bridgehead atoms. The molecule has 104 valence electrons. The number of nitrogens with two attached hydrogens (primary N) is 1. The molecule has 5 heteroatoms. The molecular weight excluding hydrogens is 242 g/mol. The van der Waals surface area contributed by atoms with Crippen molar-refractivity contribution < 1.29 is 9.47 Å². The molecule has 0 saturated carbocycles. The van der Waals surface area contributed by atoms with Crippen LogP contribution in [0.2, 0.25) is 0 Å². The molecule has 1 aromatic rings. The summed E-state index contributed by atoms with van der Waals surface area (Å²) in [6.07, 6.45) is 0.870. The first-order valence-corrected chi connectivity index (χ1v) is 6.57. The first-order valence-electron chi connectivity index (χ1n) is 6.57. The molecule has 0 atom stereocenters. The predicted molar refractivity (Wildman–Crippen MR) is 75.6 cm³/mol. The van der Waals surface area contributed by atoms with E-state index in [4.69, 9.17) is 15.2 Å². The van der Waals surface area contributed by atoms with E-state index >= 15 is 0 Å². The minimum Gasteiger partial charge on any atom is -0.454 e. The van der Waals surface area contributed by atoms with Crippen molar-refractivity contribution in [2.45, 2.75) is 20.3 Å². The second-order valence-electron chi connectivity index (χ2n) is 4.98. The van der Waals surface area contributed by atoms with Gasteiger partial charge in [0.2, 0.25) is 6.79 Å². The number of nitrogens with zero attached hydrogens (tertiary/aromatic N) is 1. The lowest BCUT2D eigenvalue weighted by Gasteiger charge is -2.07. The molecule has 2 rings (SSSR count). The highest BCUT2D eigenvalue weighted by Crippen LogP contribution is 2.32. The van der Waals surface area contributed by atoms with Crippen LogP contribution in [0.4, 0.5) is 0 Å². The van der Waals surface area contributed by atoms with Gasteiger partial charge in [-0.05, 0) is 30.0 Å². The maximum atomic E-state index is 5.77. The van der Waals surface area contributed by atoms with E-state index in [1.54, 1.807) is 0 Å². The van der Waals surface area contributed by atoms with Crippen molar-refractivity contribution in [3.63, 3.8) is 0 Å². The Balaban J connectivity index is 1.78. The summed E-state index contributed by atoms with van der Waals surface area (Å²) in [7, 11) is 0. The quantitative estimate of drug-likeness (QED) is 0.624. The minimum absolute atomic E-state index is 0.311. The average Bonchev–Trinajstić information content (AvgIpc) is 2.83. The van der Waals surface area contributed by atoms with Crippen LogP contribution in [-0.2, 0) is 6.42 Å². The summed E-state index contributed by atoms with van der Waals surface area (Å²) in [5.74, 6) is 2.66. The standard InChI is InChI=1S/C14H21N3O2/c1-10(2)8-17-14(15)16-6-5-11-3-4-12-13(7-11)19-9-18-12/h3-4,7,10H,5-6,8-9H2,1-2H3,(H3,15,16,17). The molecule has 1 aromatic carbocycles. The third-order valence-electron chi connectivity index (χ3n) is 2.78. The zero-order valence-corrected chi connectivity index (χ0v) is 11.5. The lowest BCUT2D eigenvalue weighted by atomic mass is 10.1. The molecule has 0 spiro atoms. The Morgan fingerprint density at radius 3 is 2.95 bits per heavy atom. The minimum atomic E-state index is 0.311. The highest BCUT2D eigenvalue weighted by molar-refractivity contribution is 5.77. The van der Waals surface area contributed by atoms with Crippen LogP contribution >= 0.6 is 0 Å². The Morgan fingerprint density at radius 2 is 2.16 bits per heavy atom. The Labute approximate surface area is 113 Å². The van der Waals surface area contributed by atoms with Crippen LogP contribution in [0, 0.1) is 5.92 Å². The number of benzene rings is 1. The van der Waals surface area contributed by atoms with E-state index in [1.165, 1.54) is 5.56 Å². The first kappa shape index (κ1) is 13.5. The van der Waals surface area contributed by atoms with Gasteiger partial charge in [0.15, 0.2) is 17.5 Å². The number of hydrogen-bond donors (Lipinski definition) is 2. The fourth-order valence-electron chi connectivity index (χ4n) is 1.77. The maximum Gasteiger partial charge on any atom is 0.231 e. The van der Waals surface area contributed by atoms with Crippen LogP contribution in [0.5, 0.6) is 11.5 Å². The monoisotopic (exact) mass is 263 g/mol. The van der Waals surface area contributed by atoms with Crippen molar-refractivity contribution in [1.82, 2.24) is 5.32 Å². The van der Waals surface area contributed by atoms with Gasteiger partial charge in [-0.3, -0.25) is 4.99 Å². The highest BCUT2D eigenvalue weighted by atomic mass is 16.7. The van der Waals surface area contributed by atoms with Gasteiger partial charge in [-0.2, -0.15) is 0 Å². The highest BCUT2D eigenvalue weighted by Gasteiger charge is 2.12. The molecule has 0 saturated heterocycles. The van der Waals surface area contributed by atoms with Gasteiger partial charge in [0.1, 0.15) is 0 Å². The predicted octanol–water partition coefficient (Wildman–Crippen LogP) is 1.52. The largest absolute Gasteiger partial charge is 0.454 e. The number of fused-ring (bicyclic) bond motifs is 1. The van der Waals surface area contributed by atoms with Gasteiger partial charge >= 0.3 is 0 Å². The topological polar surface area (TPSA) is 68.9 Å². The molecule has 3 N–H and O–H groups in total. The summed E-state index contributed by atoms with van der Waals surface area (Å²) in [5, 5.41) is 3.11. The van der Waals surface area contributed by atoms with Gasteiger partial charge in [-0.1, -0.05) is 19.9 Å². The summed E-state index contributed by atoms with van der Waals surface area (Å²) in [6.45, 7) is 6.05. The molecule has 19 heavy (non-hydrogen) atoms. The molecule has 0 aromatic heterocycles. The van der Waals surface area contributed by atoms with Gasteiger partial charge in [-0.15, -0.1) is 0 Å². The van der Waals surface area contributed by atoms with Crippen LogP contribution < -0.4 is 20.5 Å². The van der Waals surface area contributed by atoms with Crippen molar-refractivity contribution in [3.8, 4) is 11.5 Å². The number of rotatable bonds is 5. The molecule has 0 radical (unpaired) electrons. The molecule has 1 aliphatic heterocycles. The number of ether oxygens (including phenoxy) is 2. The van der Waals surface area contributed by atoms with E-state index < -0.39 is 0 Å². The third kappa shape index (κ3) is 4.05. The van der Waals surface area contributed by atoms with E-state index in [-0.39, 0.29) is 0 Å². The van der Waals surface area contributed by atoms with Gasteiger partial charge in [-0.25, -0.2) is 0 Å². The van der Waals surface area contributed by atoms with E-state index in [1.807, 2.05) is 18.2 Å². The first-order chi connectivity index (χ1) is 9.15. The Kier molecular flexibility index (Phi) is 4.49. The van der Waals surface area contributed by atoms with Crippen molar-refractivity contribution >= 4 is 5.96 Å². The van der Waals surface area contributed by atoms with Crippen molar-refractivity contribution in [2.24, 2.45) is 16.6 Å². The molecule has 1 aliphatic rings. The SMILES string of the molecule is CC(C)CN=C(N)NCCc1ccc2c(c1)OCO2. The van der Waals surface area contributed by atoms with Gasteiger partial charge in [0, 0.05) is 13.1 Å². The molecular formula is C14H21N3O2. The van der Waals surface area contributed by atoms with Crippen molar-refractivity contribution in [2.75, 3.05) is 19.9 Å². The number of aliphatic imine (C=N–C) groups is 1. The molecule has 0 unspecified atom stereocenters. The third-order valence-corrected chi connectivity index (χ3v) is 2.78. The van der Waals surface area contributed by atoms with E-state index in [0.29, 0.717) is 18.7 Å². The molecule has 0 amide bonds. The second-order valence-corrected chi connectivity index (χ2v) is 4.98. The number of hydrogen-bond acceptors (Lipinski definition) is 3. The lowest BCUT2D eigenvalue weighted by molar-refractivity contribution is 0.174. The Bertz CT molecular complexity index is 458. The summed E-state index contributed by atoms with van der Waals surface area (Å²) < 4.78 is 10.6.